The molecule has 0 heterocycles. The van der Waals surface area contributed by atoms with Gasteiger partial charge in [-0.15, -0.1) is 0 Å². The Balaban J connectivity index is 2.97. The molecule has 0 N–H and O–H groups in total. The minimum atomic E-state index is -4.48. The number of nitrogens with zero attached hydrogens (tertiary/aromatic N) is 3. The zero-order valence-corrected chi connectivity index (χ0v) is 9.20. The molecule has 0 saturated carbocycles. The highest BCUT2D eigenvalue weighted by Gasteiger charge is 2.33. The summed E-state index contributed by atoms with van der Waals surface area (Å²) in [6.45, 7) is 0.0838. The molecule has 90 valence electrons. The predicted octanol–water partition coefficient (Wildman–Crippen LogP) is 4.68. The first-order valence-electron chi connectivity index (χ1n) is 4.49. The highest BCUT2D eigenvalue weighted by molar-refractivity contribution is 6.31. The SMILES string of the molecule is [N-]=[N+]=NCC=Cc1ccc(Cl)c(C(F)(F)F)c1. The Morgan fingerprint density at radius 1 is 1.41 bits per heavy atom. The van der Waals surface area contributed by atoms with Crippen LogP contribution in [0, 0.1) is 0 Å². The van der Waals surface area contributed by atoms with Gasteiger partial charge in [-0.3, -0.25) is 0 Å². The molecule has 3 nitrogen and oxygen atoms in total. The summed E-state index contributed by atoms with van der Waals surface area (Å²) in [7, 11) is 0. The largest absolute Gasteiger partial charge is 0.417 e. The third-order valence-corrected chi connectivity index (χ3v) is 2.19. The highest BCUT2D eigenvalue weighted by Crippen LogP contribution is 2.35. The second-order valence-electron chi connectivity index (χ2n) is 3.05. The van der Waals surface area contributed by atoms with Gasteiger partial charge >= 0.3 is 6.18 Å². The molecule has 0 saturated heterocycles. The molecule has 7 heteroatoms. The van der Waals surface area contributed by atoms with E-state index in [1.807, 2.05) is 0 Å². The molecule has 0 aromatic heterocycles. The summed E-state index contributed by atoms with van der Waals surface area (Å²) in [6, 6.07) is 3.57. The van der Waals surface area contributed by atoms with Gasteiger partial charge in [-0.05, 0) is 23.2 Å². The Bertz CT molecular complexity index is 476. The fourth-order valence-corrected chi connectivity index (χ4v) is 1.36. The first-order chi connectivity index (χ1) is 7.95. The number of hydrogen-bond donors (Lipinski definition) is 0. The van der Waals surface area contributed by atoms with Crippen LogP contribution in [0.15, 0.2) is 29.4 Å². The van der Waals surface area contributed by atoms with Gasteiger partial charge in [-0.2, -0.15) is 13.2 Å². The van der Waals surface area contributed by atoms with Gasteiger partial charge in [0.25, 0.3) is 0 Å². The molecule has 1 aromatic carbocycles. The van der Waals surface area contributed by atoms with E-state index in [1.165, 1.54) is 24.3 Å². The van der Waals surface area contributed by atoms with E-state index in [9.17, 15) is 13.2 Å². The first-order valence-corrected chi connectivity index (χ1v) is 4.87. The maximum Gasteiger partial charge on any atom is 0.417 e. The molecule has 0 unspecified atom stereocenters. The number of rotatable bonds is 3. The van der Waals surface area contributed by atoms with Crippen LogP contribution in [0.3, 0.4) is 0 Å². The van der Waals surface area contributed by atoms with Crippen molar-refractivity contribution >= 4 is 17.7 Å². The summed E-state index contributed by atoms with van der Waals surface area (Å²) in [6.07, 6.45) is -1.59. The third-order valence-electron chi connectivity index (χ3n) is 1.86. The van der Waals surface area contributed by atoms with Crippen LogP contribution in [-0.2, 0) is 6.18 Å². The normalized spacial score (nSPS) is 11.5. The van der Waals surface area contributed by atoms with Gasteiger partial charge in [0.1, 0.15) is 0 Å². The lowest BCUT2D eigenvalue weighted by atomic mass is 10.1. The molecular weight excluding hydrogens is 255 g/mol. The van der Waals surface area contributed by atoms with Crippen LogP contribution >= 0.6 is 11.6 Å². The molecule has 0 bridgehead atoms. The van der Waals surface area contributed by atoms with Gasteiger partial charge in [0.15, 0.2) is 0 Å². The summed E-state index contributed by atoms with van der Waals surface area (Å²) in [5.41, 5.74) is 7.47. The van der Waals surface area contributed by atoms with E-state index in [2.05, 4.69) is 10.0 Å². The lowest BCUT2D eigenvalue weighted by Gasteiger charge is -2.09. The fourth-order valence-electron chi connectivity index (χ4n) is 1.14. The zero-order chi connectivity index (χ0) is 12.9. The monoisotopic (exact) mass is 261 g/mol. The summed E-state index contributed by atoms with van der Waals surface area (Å²) >= 11 is 5.45. The number of halogens is 4. The van der Waals surface area contributed by atoms with Crippen LogP contribution in [-0.4, -0.2) is 6.54 Å². The van der Waals surface area contributed by atoms with Crippen LogP contribution in [0.4, 0.5) is 13.2 Å². The molecule has 0 atom stereocenters. The van der Waals surface area contributed by atoms with E-state index < -0.39 is 11.7 Å². The molecule has 0 fully saturated rings. The van der Waals surface area contributed by atoms with Gasteiger partial charge in [0.05, 0.1) is 10.6 Å². The Morgan fingerprint density at radius 2 is 2.12 bits per heavy atom. The number of azide groups is 1. The molecule has 0 aliphatic heterocycles. The summed E-state index contributed by atoms with van der Waals surface area (Å²) < 4.78 is 37.5. The maximum atomic E-state index is 12.5. The van der Waals surface area contributed by atoms with Gasteiger partial charge in [0.2, 0.25) is 0 Å². The van der Waals surface area contributed by atoms with E-state index in [1.54, 1.807) is 0 Å². The number of alkyl halides is 3. The molecule has 17 heavy (non-hydrogen) atoms. The van der Waals surface area contributed by atoms with E-state index >= 15 is 0 Å². The average molecular weight is 262 g/mol. The molecular formula is C10H7ClF3N3. The van der Waals surface area contributed by atoms with Gasteiger partial charge < -0.3 is 0 Å². The maximum absolute atomic E-state index is 12.5. The molecule has 1 aromatic rings. The minimum Gasteiger partial charge on any atom is -0.166 e. The van der Waals surface area contributed by atoms with Crippen molar-refractivity contribution < 1.29 is 13.2 Å². The lowest BCUT2D eigenvalue weighted by molar-refractivity contribution is -0.137. The standard InChI is InChI=1S/C10H7ClF3N3/c11-9-4-3-7(2-1-5-16-17-15)6-8(9)10(12,13)14/h1-4,6H,5H2. The Hall–Kier alpha value is -1.65. The van der Waals surface area contributed by atoms with E-state index in [-0.39, 0.29) is 11.6 Å². The van der Waals surface area contributed by atoms with Crippen LogP contribution in [0.5, 0.6) is 0 Å². The van der Waals surface area contributed by atoms with Crippen LogP contribution in [0.1, 0.15) is 11.1 Å². The van der Waals surface area contributed by atoms with Gasteiger partial charge in [0, 0.05) is 11.5 Å². The molecule has 0 aliphatic rings. The second-order valence-corrected chi connectivity index (χ2v) is 3.46. The summed E-state index contributed by atoms with van der Waals surface area (Å²) in [4.78, 5) is 2.51. The van der Waals surface area contributed by atoms with Crippen LogP contribution in [0.2, 0.25) is 5.02 Å². The molecule has 0 aliphatic carbocycles. The van der Waals surface area contributed by atoms with Crippen molar-refractivity contribution in [1.29, 1.82) is 0 Å². The average Bonchev–Trinajstić information content (AvgIpc) is 2.25. The van der Waals surface area contributed by atoms with Crippen molar-refractivity contribution in [2.45, 2.75) is 6.18 Å². The smallest absolute Gasteiger partial charge is 0.166 e. The Morgan fingerprint density at radius 3 is 2.71 bits per heavy atom. The lowest BCUT2D eigenvalue weighted by Crippen LogP contribution is -2.05. The molecule has 0 spiro atoms. The van der Waals surface area contributed by atoms with E-state index in [0.717, 1.165) is 6.07 Å². The number of hydrogen-bond acceptors (Lipinski definition) is 1. The Labute approximate surface area is 100 Å². The second kappa shape index (κ2) is 5.61. The molecule has 0 amide bonds. The Kier molecular flexibility index (Phi) is 4.43. The minimum absolute atomic E-state index is 0.0838. The predicted molar refractivity (Wildman–Crippen MR) is 59.5 cm³/mol. The highest BCUT2D eigenvalue weighted by atomic mass is 35.5. The first kappa shape index (κ1) is 13.4. The quantitative estimate of drug-likeness (QED) is 0.431. The van der Waals surface area contributed by atoms with Crippen molar-refractivity contribution in [2.75, 3.05) is 6.54 Å². The molecule has 1 rings (SSSR count). The van der Waals surface area contributed by atoms with Crippen LogP contribution in [0.25, 0.3) is 16.5 Å². The van der Waals surface area contributed by atoms with Crippen molar-refractivity contribution in [2.24, 2.45) is 5.11 Å². The fraction of sp³-hybridized carbons (Fsp3) is 0.200. The van der Waals surface area contributed by atoms with Crippen molar-refractivity contribution in [1.82, 2.24) is 0 Å². The molecule has 0 radical (unpaired) electrons. The van der Waals surface area contributed by atoms with Gasteiger partial charge in [-0.1, -0.05) is 34.9 Å². The van der Waals surface area contributed by atoms with Crippen molar-refractivity contribution in [3.05, 3.63) is 50.9 Å². The van der Waals surface area contributed by atoms with Crippen molar-refractivity contribution in [3.8, 4) is 0 Å². The summed E-state index contributed by atoms with van der Waals surface area (Å²) in [5, 5.41) is 2.88. The van der Waals surface area contributed by atoms with E-state index in [4.69, 9.17) is 17.1 Å². The zero-order valence-electron chi connectivity index (χ0n) is 8.45. The number of benzene rings is 1. The van der Waals surface area contributed by atoms with Crippen LogP contribution < -0.4 is 0 Å². The topological polar surface area (TPSA) is 48.8 Å². The van der Waals surface area contributed by atoms with Gasteiger partial charge in [-0.25, -0.2) is 0 Å². The third kappa shape index (κ3) is 4.01. The summed E-state index contributed by atoms with van der Waals surface area (Å²) in [5.74, 6) is 0. The van der Waals surface area contributed by atoms with Crippen molar-refractivity contribution in [3.63, 3.8) is 0 Å². The van der Waals surface area contributed by atoms with E-state index in [0.29, 0.717) is 5.56 Å².